The number of nitriles is 1. The van der Waals surface area contributed by atoms with Crippen LogP contribution < -0.4 is 5.32 Å². The predicted octanol–water partition coefficient (Wildman–Crippen LogP) is 3.69. The Morgan fingerprint density at radius 2 is 1.86 bits per heavy atom. The summed E-state index contributed by atoms with van der Waals surface area (Å²) in [6, 6.07) is 5.60. The third-order valence-corrected chi connectivity index (χ3v) is 3.44. The lowest BCUT2D eigenvalue weighted by molar-refractivity contribution is -0.129. The van der Waals surface area contributed by atoms with Crippen molar-refractivity contribution >= 4 is 5.91 Å². The van der Waals surface area contributed by atoms with Gasteiger partial charge in [0, 0.05) is 6.54 Å². The molecule has 1 aromatic carbocycles. The molecular weight excluding hydrogens is 274 g/mol. The van der Waals surface area contributed by atoms with Gasteiger partial charge in [-0.15, -0.1) is 0 Å². The monoisotopic (exact) mass is 294 g/mol. The molecule has 5 heteroatoms. The number of amides is 1. The maximum atomic E-state index is 13.1. The van der Waals surface area contributed by atoms with Crippen molar-refractivity contribution in [3.8, 4) is 6.07 Å². The molecule has 1 amide bonds. The molecule has 0 bridgehead atoms. The molecule has 1 N–H and O–H groups in total. The number of halogens is 2. The van der Waals surface area contributed by atoms with E-state index in [2.05, 4.69) is 11.4 Å². The first-order chi connectivity index (χ1) is 9.99. The van der Waals surface area contributed by atoms with Gasteiger partial charge in [-0.05, 0) is 30.5 Å². The zero-order valence-corrected chi connectivity index (χ0v) is 12.4. The predicted molar refractivity (Wildman–Crippen MR) is 76.1 cm³/mol. The van der Waals surface area contributed by atoms with Crippen LogP contribution in [0.5, 0.6) is 0 Å². The van der Waals surface area contributed by atoms with Crippen LogP contribution >= 0.6 is 0 Å². The summed E-state index contributed by atoms with van der Waals surface area (Å²) in [5.41, 5.74) is -0.579. The lowest BCUT2D eigenvalue weighted by Crippen LogP contribution is -2.39. The number of nitrogens with zero attached hydrogens (tertiary/aromatic N) is 1. The zero-order valence-electron chi connectivity index (χ0n) is 12.4. The highest BCUT2D eigenvalue weighted by molar-refractivity contribution is 5.85. The summed E-state index contributed by atoms with van der Waals surface area (Å²) in [5.74, 6) is -2.22. The van der Waals surface area contributed by atoms with Gasteiger partial charge in [0.1, 0.15) is 5.41 Å². The minimum absolute atomic E-state index is 0.0763. The van der Waals surface area contributed by atoms with E-state index in [0.29, 0.717) is 18.4 Å². The molecule has 0 saturated heterocycles. The normalized spacial score (nSPS) is 11.0. The van der Waals surface area contributed by atoms with Crippen LogP contribution in [0.15, 0.2) is 18.2 Å². The lowest BCUT2D eigenvalue weighted by Gasteiger charge is -2.24. The first-order valence-corrected chi connectivity index (χ1v) is 7.12. The van der Waals surface area contributed by atoms with Crippen molar-refractivity contribution in [3.63, 3.8) is 0 Å². The average Bonchev–Trinajstić information content (AvgIpc) is 2.47. The van der Waals surface area contributed by atoms with Crippen LogP contribution in [0.3, 0.4) is 0 Å². The molecule has 3 nitrogen and oxygen atoms in total. The molecule has 0 saturated carbocycles. The van der Waals surface area contributed by atoms with E-state index in [1.165, 1.54) is 6.07 Å². The van der Waals surface area contributed by atoms with Crippen molar-refractivity contribution < 1.29 is 13.6 Å². The SMILES string of the molecule is CCCC(C#N)(CCC)C(=O)NCc1ccc(F)c(F)c1. The molecule has 0 fully saturated rings. The van der Waals surface area contributed by atoms with Gasteiger partial charge >= 0.3 is 0 Å². The van der Waals surface area contributed by atoms with Crippen molar-refractivity contribution in [1.29, 1.82) is 5.26 Å². The smallest absolute Gasteiger partial charge is 0.240 e. The second-order valence-electron chi connectivity index (χ2n) is 5.13. The van der Waals surface area contributed by atoms with Crippen LogP contribution in [0.4, 0.5) is 8.78 Å². The Hall–Kier alpha value is -1.96. The van der Waals surface area contributed by atoms with Crippen molar-refractivity contribution in [2.45, 2.75) is 46.1 Å². The number of nitrogens with one attached hydrogen (secondary N) is 1. The van der Waals surface area contributed by atoms with Gasteiger partial charge in [-0.25, -0.2) is 8.78 Å². The van der Waals surface area contributed by atoms with Gasteiger partial charge in [-0.3, -0.25) is 4.79 Å². The Bertz CT molecular complexity index is 532. The standard InChI is InChI=1S/C16H20F2N2O/c1-3-7-16(11-19,8-4-2)15(21)20-10-12-5-6-13(17)14(18)9-12/h5-6,9H,3-4,7-8,10H2,1-2H3,(H,20,21). The summed E-state index contributed by atoms with van der Waals surface area (Å²) in [5, 5.41) is 12.0. The molecule has 1 rings (SSSR count). The molecule has 0 spiro atoms. The van der Waals surface area contributed by atoms with E-state index in [1.54, 1.807) is 0 Å². The zero-order chi connectivity index (χ0) is 15.9. The fourth-order valence-electron chi connectivity index (χ4n) is 2.37. The van der Waals surface area contributed by atoms with Crippen LogP contribution in [0.25, 0.3) is 0 Å². The summed E-state index contributed by atoms with van der Waals surface area (Å²) in [6.07, 6.45) is 2.43. The van der Waals surface area contributed by atoms with E-state index in [4.69, 9.17) is 0 Å². The average molecular weight is 294 g/mol. The molecule has 114 valence electrons. The topological polar surface area (TPSA) is 52.9 Å². The van der Waals surface area contributed by atoms with Crippen molar-refractivity contribution in [2.75, 3.05) is 0 Å². The van der Waals surface area contributed by atoms with E-state index >= 15 is 0 Å². The van der Waals surface area contributed by atoms with Crippen LogP contribution in [-0.2, 0) is 11.3 Å². The molecule has 0 heterocycles. The summed E-state index contributed by atoms with van der Waals surface area (Å²) in [7, 11) is 0. The molecule has 0 aliphatic rings. The summed E-state index contributed by atoms with van der Waals surface area (Å²) in [6.45, 7) is 3.92. The number of carbonyl (C=O) groups excluding carboxylic acids is 1. The fraction of sp³-hybridized carbons (Fsp3) is 0.500. The highest BCUT2D eigenvalue weighted by Gasteiger charge is 2.36. The molecule has 0 unspecified atom stereocenters. The van der Waals surface area contributed by atoms with Crippen molar-refractivity contribution in [3.05, 3.63) is 35.4 Å². The van der Waals surface area contributed by atoms with Gasteiger partial charge in [-0.2, -0.15) is 5.26 Å². The molecule has 0 aliphatic carbocycles. The van der Waals surface area contributed by atoms with Gasteiger partial charge in [0.15, 0.2) is 11.6 Å². The van der Waals surface area contributed by atoms with Gasteiger partial charge in [0.05, 0.1) is 6.07 Å². The third-order valence-electron chi connectivity index (χ3n) is 3.44. The largest absolute Gasteiger partial charge is 0.351 e. The maximum Gasteiger partial charge on any atom is 0.240 e. The minimum atomic E-state index is -1.04. The highest BCUT2D eigenvalue weighted by atomic mass is 19.2. The van der Waals surface area contributed by atoms with E-state index < -0.39 is 17.0 Å². The number of carbonyl (C=O) groups is 1. The number of hydrogen-bond acceptors (Lipinski definition) is 2. The third kappa shape index (κ3) is 4.25. The fourth-order valence-corrected chi connectivity index (χ4v) is 2.37. The second kappa shape index (κ2) is 7.72. The molecule has 1 aromatic rings. The van der Waals surface area contributed by atoms with E-state index in [1.807, 2.05) is 13.8 Å². The summed E-state index contributed by atoms with van der Waals surface area (Å²) in [4.78, 5) is 12.3. The Labute approximate surface area is 124 Å². The van der Waals surface area contributed by atoms with Crippen molar-refractivity contribution in [2.24, 2.45) is 5.41 Å². The van der Waals surface area contributed by atoms with Gasteiger partial charge in [0.25, 0.3) is 0 Å². The maximum absolute atomic E-state index is 13.1. The number of rotatable bonds is 7. The molecular formula is C16H20F2N2O. The summed E-state index contributed by atoms with van der Waals surface area (Å²) < 4.78 is 25.9. The van der Waals surface area contributed by atoms with Crippen LogP contribution in [0.2, 0.25) is 0 Å². The number of hydrogen-bond donors (Lipinski definition) is 1. The first kappa shape index (κ1) is 17.1. The quantitative estimate of drug-likeness (QED) is 0.833. The van der Waals surface area contributed by atoms with E-state index in [0.717, 1.165) is 25.0 Å². The second-order valence-corrected chi connectivity index (χ2v) is 5.13. The van der Waals surface area contributed by atoms with Crippen LogP contribution in [0, 0.1) is 28.4 Å². The lowest BCUT2D eigenvalue weighted by atomic mass is 9.79. The molecule has 0 aliphatic heterocycles. The first-order valence-electron chi connectivity index (χ1n) is 7.12. The number of benzene rings is 1. The van der Waals surface area contributed by atoms with Crippen molar-refractivity contribution in [1.82, 2.24) is 5.32 Å². The molecule has 21 heavy (non-hydrogen) atoms. The Morgan fingerprint density at radius 3 is 2.33 bits per heavy atom. The van der Waals surface area contributed by atoms with Crippen LogP contribution in [-0.4, -0.2) is 5.91 Å². The molecule has 0 radical (unpaired) electrons. The van der Waals surface area contributed by atoms with Crippen LogP contribution in [0.1, 0.15) is 45.1 Å². The summed E-state index contributed by atoms with van der Waals surface area (Å²) >= 11 is 0. The Morgan fingerprint density at radius 1 is 1.24 bits per heavy atom. The van der Waals surface area contributed by atoms with E-state index in [9.17, 15) is 18.8 Å². The highest BCUT2D eigenvalue weighted by Crippen LogP contribution is 2.29. The van der Waals surface area contributed by atoms with Gasteiger partial charge in [0.2, 0.25) is 5.91 Å². The van der Waals surface area contributed by atoms with Gasteiger partial charge in [-0.1, -0.05) is 32.8 Å². The van der Waals surface area contributed by atoms with Gasteiger partial charge < -0.3 is 5.32 Å². The Kier molecular flexibility index (Phi) is 6.29. The minimum Gasteiger partial charge on any atom is -0.351 e. The van der Waals surface area contributed by atoms with E-state index in [-0.39, 0.29) is 12.5 Å². The Balaban J connectivity index is 2.78. The molecule has 0 atom stereocenters. The molecule has 0 aromatic heterocycles.